The predicted molar refractivity (Wildman–Crippen MR) is 90.4 cm³/mol. The third-order valence-corrected chi connectivity index (χ3v) is 5.02. The molecule has 0 radical (unpaired) electrons. The SMILES string of the molecule is CCNCC(Cc1cnc(C)s1)Cc1ccccc1Br. The van der Waals surface area contributed by atoms with Crippen LogP contribution in [0.15, 0.2) is 34.9 Å². The van der Waals surface area contributed by atoms with Gasteiger partial charge in [0, 0.05) is 15.5 Å². The Morgan fingerprint density at radius 3 is 2.75 bits per heavy atom. The molecule has 1 unspecified atom stereocenters. The summed E-state index contributed by atoms with van der Waals surface area (Å²) in [5.41, 5.74) is 1.39. The van der Waals surface area contributed by atoms with Crippen LogP contribution in [-0.2, 0) is 12.8 Å². The van der Waals surface area contributed by atoms with E-state index in [9.17, 15) is 0 Å². The number of nitrogens with zero attached hydrogens (tertiary/aromatic N) is 1. The number of halogens is 1. The molecule has 0 aliphatic rings. The molecule has 20 heavy (non-hydrogen) atoms. The lowest BCUT2D eigenvalue weighted by atomic mass is 9.95. The lowest BCUT2D eigenvalue weighted by molar-refractivity contribution is 0.480. The van der Waals surface area contributed by atoms with Gasteiger partial charge in [0.05, 0.1) is 5.01 Å². The number of aryl methyl sites for hydroxylation is 1. The summed E-state index contributed by atoms with van der Waals surface area (Å²) in [4.78, 5) is 5.75. The minimum absolute atomic E-state index is 0.605. The summed E-state index contributed by atoms with van der Waals surface area (Å²) in [5, 5.41) is 4.64. The highest BCUT2D eigenvalue weighted by atomic mass is 79.9. The molecule has 2 nitrogen and oxygen atoms in total. The number of hydrogen-bond donors (Lipinski definition) is 1. The van der Waals surface area contributed by atoms with Crippen molar-refractivity contribution < 1.29 is 0 Å². The van der Waals surface area contributed by atoms with Crippen molar-refractivity contribution in [2.75, 3.05) is 13.1 Å². The molecule has 2 aromatic rings. The molecule has 1 N–H and O–H groups in total. The van der Waals surface area contributed by atoms with Gasteiger partial charge in [-0.25, -0.2) is 4.98 Å². The van der Waals surface area contributed by atoms with E-state index in [0.717, 1.165) is 30.9 Å². The Labute approximate surface area is 133 Å². The molecule has 0 amide bonds. The van der Waals surface area contributed by atoms with Crippen LogP contribution >= 0.6 is 27.3 Å². The maximum atomic E-state index is 4.36. The van der Waals surface area contributed by atoms with Crippen LogP contribution < -0.4 is 5.32 Å². The van der Waals surface area contributed by atoms with Gasteiger partial charge in [0.2, 0.25) is 0 Å². The van der Waals surface area contributed by atoms with Gasteiger partial charge >= 0.3 is 0 Å². The fraction of sp³-hybridized carbons (Fsp3) is 0.438. The van der Waals surface area contributed by atoms with Crippen LogP contribution in [0.1, 0.15) is 22.4 Å². The lowest BCUT2D eigenvalue weighted by Crippen LogP contribution is -2.25. The van der Waals surface area contributed by atoms with Gasteiger partial charge in [-0.2, -0.15) is 0 Å². The van der Waals surface area contributed by atoms with Crippen molar-refractivity contribution in [3.05, 3.63) is 50.4 Å². The Bertz CT molecular complexity index is 539. The Balaban J connectivity index is 2.05. The van der Waals surface area contributed by atoms with Gasteiger partial charge < -0.3 is 5.32 Å². The zero-order chi connectivity index (χ0) is 14.4. The first kappa shape index (κ1) is 15.7. The van der Waals surface area contributed by atoms with Gasteiger partial charge in [-0.3, -0.25) is 0 Å². The first-order valence-corrected chi connectivity index (χ1v) is 8.65. The molecule has 0 bridgehead atoms. The average Bonchev–Trinajstić information content (AvgIpc) is 2.84. The van der Waals surface area contributed by atoms with E-state index >= 15 is 0 Å². The van der Waals surface area contributed by atoms with E-state index in [0.29, 0.717) is 5.92 Å². The molecular weight excluding hydrogens is 332 g/mol. The van der Waals surface area contributed by atoms with Gasteiger partial charge in [-0.1, -0.05) is 41.1 Å². The molecule has 1 atom stereocenters. The van der Waals surface area contributed by atoms with Crippen molar-refractivity contribution in [2.45, 2.75) is 26.7 Å². The first-order valence-electron chi connectivity index (χ1n) is 7.04. The summed E-state index contributed by atoms with van der Waals surface area (Å²) in [6, 6.07) is 8.51. The molecule has 0 aliphatic heterocycles. The second kappa shape index (κ2) is 7.91. The quantitative estimate of drug-likeness (QED) is 0.806. The summed E-state index contributed by atoms with van der Waals surface area (Å²) in [6.07, 6.45) is 4.21. The number of rotatable bonds is 7. The van der Waals surface area contributed by atoms with E-state index in [1.54, 1.807) is 0 Å². The largest absolute Gasteiger partial charge is 0.317 e. The maximum absolute atomic E-state index is 4.36. The van der Waals surface area contributed by atoms with Gasteiger partial charge in [0.25, 0.3) is 0 Å². The van der Waals surface area contributed by atoms with Crippen LogP contribution in [0.5, 0.6) is 0 Å². The fourth-order valence-corrected chi connectivity index (χ4v) is 3.68. The zero-order valence-electron chi connectivity index (χ0n) is 12.0. The third-order valence-electron chi connectivity index (χ3n) is 3.31. The van der Waals surface area contributed by atoms with Gasteiger partial charge in [0.15, 0.2) is 0 Å². The summed E-state index contributed by atoms with van der Waals surface area (Å²) in [7, 11) is 0. The van der Waals surface area contributed by atoms with Crippen LogP contribution in [0.4, 0.5) is 0 Å². The number of nitrogens with one attached hydrogen (secondary N) is 1. The zero-order valence-corrected chi connectivity index (χ0v) is 14.4. The minimum Gasteiger partial charge on any atom is -0.317 e. The van der Waals surface area contributed by atoms with Crippen molar-refractivity contribution in [1.82, 2.24) is 10.3 Å². The number of aromatic nitrogens is 1. The minimum atomic E-state index is 0.605. The molecular formula is C16H21BrN2S. The van der Waals surface area contributed by atoms with E-state index in [1.165, 1.54) is 14.9 Å². The van der Waals surface area contributed by atoms with E-state index in [-0.39, 0.29) is 0 Å². The van der Waals surface area contributed by atoms with Crippen LogP contribution in [0.3, 0.4) is 0 Å². The van der Waals surface area contributed by atoms with Gasteiger partial charge in [-0.15, -0.1) is 11.3 Å². The fourth-order valence-electron chi connectivity index (χ4n) is 2.32. The summed E-state index contributed by atoms with van der Waals surface area (Å²) >= 11 is 5.47. The van der Waals surface area contributed by atoms with Crippen LogP contribution in [0.25, 0.3) is 0 Å². The van der Waals surface area contributed by atoms with Crippen molar-refractivity contribution in [3.8, 4) is 0 Å². The molecule has 0 spiro atoms. The molecule has 0 aliphatic carbocycles. The van der Waals surface area contributed by atoms with Crippen molar-refractivity contribution in [3.63, 3.8) is 0 Å². The van der Waals surface area contributed by atoms with E-state index < -0.39 is 0 Å². The molecule has 4 heteroatoms. The molecule has 2 rings (SSSR count). The van der Waals surface area contributed by atoms with Crippen LogP contribution in [-0.4, -0.2) is 18.1 Å². The van der Waals surface area contributed by atoms with E-state index in [2.05, 4.69) is 64.3 Å². The topological polar surface area (TPSA) is 24.9 Å². The highest BCUT2D eigenvalue weighted by molar-refractivity contribution is 9.10. The van der Waals surface area contributed by atoms with Crippen molar-refractivity contribution in [1.29, 1.82) is 0 Å². The maximum Gasteiger partial charge on any atom is 0.0896 e. The average molecular weight is 353 g/mol. The molecule has 0 fully saturated rings. The molecule has 1 aromatic heterocycles. The summed E-state index contributed by atoms with van der Waals surface area (Å²) < 4.78 is 1.21. The van der Waals surface area contributed by atoms with Crippen molar-refractivity contribution in [2.24, 2.45) is 5.92 Å². The van der Waals surface area contributed by atoms with Gasteiger partial charge in [0.1, 0.15) is 0 Å². The molecule has 108 valence electrons. The molecule has 1 aromatic carbocycles. The highest BCUT2D eigenvalue weighted by Crippen LogP contribution is 2.23. The van der Waals surface area contributed by atoms with Crippen LogP contribution in [0, 0.1) is 12.8 Å². The Morgan fingerprint density at radius 1 is 1.30 bits per heavy atom. The highest BCUT2D eigenvalue weighted by Gasteiger charge is 2.13. The molecule has 0 saturated heterocycles. The summed E-state index contributed by atoms with van der Waals surface area (Å²) in [5.74, 6) is 0.605. The third kappa shape index (κ3) is 4.69. The monoisotopic (exact) mass is 352 g/mol. The Morgan fingerprint density at radius 2 is 2.10 bits per heavy atom. The molecule has 1 heterocycles. The molecule has 0 saturated carbocycles. The normalized spacial score (nSPS) is 12.6. The van der Waals surface area contributed by atoms with E-state index in [1.807, 2.05) is 17.5 Å². The number of thiazole rings is 1. The number of hydrogen-bond acceptors (Lipinski definition) is 3. The smallest absolute Gasteiger partial charge is 0.0896 e. The van der Waals surface area contributed by atoms with Crippen LogP contribution in [0.2, 0.25) is 0 Å². The Kier molecular flexibility index (Phi) is 6.20. The van der Waals surface area contributed by atoms with Gasteiger partial charge in [-0.05, 0) is 50.4 Å². The first-order chi connectivity index (χ1) is 9.69. The second-order valence-corrected chi connectivity index (χ2v) is 7.19. The predicted octanol–water partition coefficient (Wildman–Crippen LogP) is 4.22. The second-order valence-electron chi connectivity index (χ2n) is 5.02. The Hall–Kier alpha value is -0.710. The van der Waals surface area contributed by atoms with Crippen molar-refractivity contribution >= 4 is 27.3 Å². The lowest BCUT2D eigenvalue weighted by Gasteiger charge is -2.17. The standard InChI is InChI=1S/C16H21BrN2S/c1-3-18-10-13(9-15-11-19-12(2)20-15)8-14-6-4-5-7-16(14)17/h4-7,11,13,18H,3,8-10H2,1-2H3. The summed E-state index contributed by atoms with van der Waals surface area (Å²) in [6.45, 7) is 6.30. The number of benzene rings is 1. The van der Waals surface area contributed by atoms with E-state index in [4.69, 9.17) is 0 Å².